The molecule has 0 bridgehead atoms. The molecule has 0 aliphatic carbocycles. The van der Waals surface area contributed by atoms with Gasteiger partial charge in [0.15, 0.2) is 0 Å². The van der Waals surface area contributed by atoms with Gasteiger partial charge in [0.25, 0.3) is 0 Å². The van der Waals surface area contributed by atoms with Crippen LogP contribution in [0.4, 0.5) is 5.69 Å². The summed E-state index contributed by atoms with van der Waals surface area (Å²) in [6, 6.07) is 9.19. The summed E-state index contributed by atoms with van der Waals surface area (Å²) in [6.07, 6.45) is 1.58. The first-order valence-electron chi connectivity index (χ1n) is 9.47. The minimum absolute atomic E-state index is 0.0957. The second kappa shape index (κ2) is 9.90. The Morgan fingerprint density at radius 2 is 1.97 bits per heavy atom. The fraction of sp³-hybridized carbons (Fsp3) is 0.286. The molecule has 1 N–H and O–H groups in total. The quantitative estimate of drug-likeness (QED) is 0.496. The highest BCUT2D eigenvalue weighted by Gasteiger charge is 2.17. The SMILES string of the molecule is Cc1ccc(C)c(NC(=O)Cc2nc(CSc3ccc(S(=O)(=O)N(C)C)cn3)cs2)c1. The summed E-state index contributed by atoms with van der Waals surface area (Å²) in [6.45, 7) is 3.95. The van der Waals surface area contributed by atoms with Gasteiger partial charge in [-0.3, -0.25) is 4.79 Å². The zero-order valence-electron chi connectivity index (χ0n) is 17.7. The van der Waals surface area contributed by atoms with Crippen molar-refractivity contribution in [2.75, 3.05) is 19.4 Å². The number of nitrogens with one attached hydrogen (secondary N) is 1. The Labute approximate surface area is 191 Å². The fourth-order valence-corrected chi connectivity index (χ4v) is 5.14. The van der Waals surface area contributed by atoms with E-state index in [2.05, 4.69) is 15.3 Å². The molecule has 3 rings (SSSR count). The van der Waals surface area contributed by atoms with Gasteiger partial charge in [0, 0.05) is 37.1 Å². The van der Waals surface area contributed by atoms with Crippen LogP contribution in [0.2, 0.25) is 0 Å². The van der Waals surface area contributed by atoms with E-state index < -0.39 is 10.0 Å². The number of hydrogen-bond donors (Lipinski definition) is 1. The van der Waals surface area contributed by atoms with Gasteiger partial charge >= 0.3 is 0 Å². The summed E-state index contributed by atoms with van der Waals surface area (Å²) in [5.74, 6) is 0.489. The largest absolute Gasteiger partial charge is 0.325 e. The molecule has 0 unspecified atom stereocenters. The van der Waals surface area contributed by atoms with Crippen molar-refractivity contribution in [1.29, 1.82) is 0 Å². The molecule has 31 heavy (non-hydrogen) atoms. The van der Waals surface area contributed by atoms with Crippen LogP contribution in [0.1, 0.15) is 21.8 Å². The molecular formula is C21H24N4O3S3. The lowest BCUT2D eigenvalue weighted by Crippen LogP contribution is -2.22. The summed E-state index contributed by atoms with van der Waals surface area (Å²) in [4.78, 5) is 21.3. The maximum Gasteiger partial charge on any atom is 0.244 e. The highest BCUT2D eigenvalue weighted by atomic mass is 32.2. The average Bonchev–Trinajstić information content (AvgIpc) is 3.16. The van der Waals surface area contributed by atoms with Crippen LogP contribution in [0.3, 0.4) is 0 Å². The number of thiazole rings is 1. The molecule has 0 spiro atoms. The number of hydrogen-bond acceptors (Lipinski definition) is 7. The van der Waals surface area contributed by atoms with Crippen molar-refractivity contribution in [3.63, 3.8) is 0 Å². The van der Waals surface area contributed by atoms with E-state index in [4.69, 9.17) is 0 Å². The van der Waals surface area contributed by atoms with E-state index in [0.29, 0.717) is 10.8 Å². The van der Waals surface area contributed by atoms with E-state index in [1.54, 1.807) is 12.1 Å². The number of thioether (sulfide) groups is 1. The summed E-state index contributed by atoms with van der Waals surface area (Å²) in [5.41, 5.74) is 3.79. The molecule has 0 aliphatic heterocycles. The lowest BCUT2D eigenvalue weighted by Gasteiger charge is -2.10. The van der Waals surface area contributed by atoms with Gasteiger partial charge in [-0.15, -0.1) is 23.1 Å². The third-order valence-corrected chi connectivity index (χ3v) is 8.11. The minimum atomic E-state index is -3.48. The van der Waals surface area contributed by atoms with E-state index in [1.807, 2.05) is 37.4 Å². The van der Waals surface area contributed by atoms with Crippen molar-refractivity contribution in [2.24, 2.45) is 0 Å². The summed E-state index contributed by atoms with van der Waals surface area (Å²) in [5, 5.41) is 6.34. The van der Waals surface area contributed by atoms with E-state index in [1.165, 1.54) is 43.4 Å². The van der Waals surface area contributed by atoms with Crippen LogP contribution in [0, 0.1) is 13.8 Å². The van der Waals surface area contributed by atoms with Gasteiger partial charge in [0.1, 0.15) is 9.90 Å². The van der Waals surface area contributed by atoms with Gasteiger partial charge in [-0.25, -0.2) is 22.7 Å². The highest BCUT2D eigenvalue weighted by Crippen LogP contribution is 2.24. The van der Waals surface area contributed by atoms with Gasteiger partial charge in [-0.05, 0) is 43.2 Å². The number of carbonyl (C=O) groups is 1. The summed E-state index contributed by atoms with van der Waals surface area (Å²) >= 11 is 2.91. The number of aromatic nitrogens is 2. The molecule has 0 saturated carbocycles. The molecule has 164 valence electrons. The van der Waals surface area contributed by atoms with Crippen molar-refractivity contribution in [2.45, 2.75) is 35.9 Å². The molecule has 0 radical (unpaired) electrons. The van der Waals surface area contributed by atoms with Crippen LogP contribution in [0.15, 0.2) is 51.8 Å². The minimum Gasteiger partial charge on any atom is -0.325 e. The number of aryl methyl sites for hydroxylation is 2. The van der Waals surface area contributed by atoms with Crippen LogP contribution >= 0.6 is 23.1 Å². The normalized spacial score (nSPS) is 11.6. The molecule has 0 atom stereocenters. The molecular weight excluding hydrogens is 452 g/mol. The molecule has 7 nitrogen and oxygen atoms in total. The van der Waals surface area contributed by atoms with E-state index in [9.17, 15) is 13.2 Å². The van der Waals surface area contributed by atoms with Gasteiger partial charge in [-0.2, -0.15) is 0 Å². The third-order valence-electron chi connectivity index (χ3n) is 4.43. The summed E-state index contributed by atoms with van der Waals surface area (Å²) in [7, 11) is -0.511. The highest BCUT2D eigenvalue weighted by molar-refractivity contribution is 7.98. The Hall–Kier alpha value is -2.27. The van der Waals surface area contributed by atoms with E-state index >= 15 is 0 Å². The molecule has 0 aliphatic rings. The number of sulfonamides is 1. The van der Waals surface area contributed by atoms with E-state index in [0.717, 1.165) is 31.8 Å². The predicted octanol–water partition coefficient (Wildman–Crippen LogP) is 3.88. The zero-order valence-corrected chi connectivity index (χ0v) is 20.2. The zero-order chi connectivity index (χ0) is 22.6. The first kappa shape index (κ1) is 23.4. The van der Waals surface area contributed by atoms with Gasteiger partial charge in [0.05, 0.1) is 17.1 Å². The molecule has 1 aromatic carbocycles. The van der Waals surface area contributed by atoms with Crippen LogP contribution in [0.25, 0.3) is 0 Å². The number of carbonyl (C=O) groups excluding carboxylic acids is 1. The second-order valence-electron chi connectivity index (χ2n) is 7.18. The van der Waals surface area contributed by atoms with Gasteiger partial charge in [-0.1, -0.05) is 12.1 Å². The Morgan fingerprint density at radius 3 is 2.65 bits per heavy atom. The molecule has 2 aromatic heterocycles. The second-order valence-corrected chi connectivity index (χ2v) is 11.3. The third kappa shape index (κ3) is 6.13. The topological polar surface area (TPSA) is 92.3 Å². The Morgan fingerprint density at radius 1 is 1.19 bits per heavy atom. The van der Waals surface area contributed by atoms with Crippen molar-refractivity contribution >= 4 is 44.7 Å². The van der Waals surface area contributed by atoms with Crippen molar-refractivity contribution < 1.29 is 13.2 Å². The van der Waals surface area contributed by atoms with Gasteiger partial charge in [0.2, 0.25) is 15.9 Å². The predicted molar refractivity (Wildman–Crippen MR) is 125 cm³/mol. The number of nitrogens with zero attached hydrogens (tertiary/aromatic N) is 3. The van der Waals surface area contributed by atoms with Crippen LogP contribution < -0.4 is 5.32 Å². The van der Waals surface area contributed by atoms with E-state index in [-0.39, 0.29) is 17.2 Å². The first-order valence-corrected chi connectivity index (χ1v) is 12.8. The average molecular weight is 477 g/mol. The number of amides is 1. The number of pyridine rings is 1. The fourth-order valence-electron chi connectivity index (χ4n) is 2.66. The first-order chi connectivity index (χ1) is 14.6. The van der Waals surface area contributed by atoms with Crippen LogP contribution in [-0.4, -0.2) is 42.7 Å². The number of anilines is 1. The number of benzene rings is 1. The summed E-state index contributed by atoms with van der Waals surface area (Å²) < 4.78 is 25.4. The molecule has 10 heteroatoms. The molecule has 0 saturated heterocycles. The molecule has 2 heterocycles. The van der Waals surface area contributed by atoms with Crippen molar-refractivity contribution in [3.05, 3.63) is 63.7 Å². The Bertz CT molecular complexity index is 1170. The molecule has 0 fully saturated rings. The lowest BCUT2D eigenvalue weighted by atomic mass is 10.1. The lowest BCUT2D eigenvalue weighted by molar-refractivity contribution is -0.115. The van der Waals surface area contributed by atoms with Crippen LogP contribution in [-0.2, 0) is 27.0 Å². The smallest absolute Gasteiger partial charge is 0.244 e. The Kier molecular flexibility index (Phi) is 7.47. The standard InChI is InChI=1S/C21H24N4O3S3/c1-14-5-6-15(2)18(9-14)24-19(26)10-21-23-16(13-30-21)12-29-20-8-7-17(11-22-20)31(27,28)25(3)4/h5-9,11,13H,10,12H2,1-4H3,(H,24,26). The maximum absolute atomic E-state index is 12.4. The Balaban J connectivity index is 1.55. The van der Waals surface area contributed by atoms with Gasteiger partial charge < -0.3 is 5.32 Å². The van der Waals surface area contributed by atoms with Crippen LogP contribution in [0.5, 0.6) is 0 Å². The monoisotopic (exact) mass is 476 g/mol. The molecule has 1 amide bonds. The van der Waals surface area contributed by atoms with Crippen molar-refractivity contribution in [3.8, 4) is 0 Å². The molecule has 3 aromatic rings. The maximum atomic E-state index is 12.4. The van der Waals surface area contributed by atoms with Crippen molar-refractivity contribution in [1.82, 2.24) is 14.3 Å². The number of rotatable bonds is 8.